The number of hydrogen-bond donors (Lipinski definition) is 1. The molecule has 1 aromatic rings. The number of amides is 1. The number of carbonyl (C=O) groups excluding carboxylic acids is 1. The number of nitrogens with two attached hydrogens (primary N) is 1. The first-order valence-corrected chi connectivity index (χ1v) is 8.90. The second-order valence-electron chi connectivity index (χ2n) is 3.93. The third-order valence-electron chi connectivity index (χ3n) is 2.95. The van der Waals surface area contributed by atoms with E-state index in [1.807, 2.05) is 26.4 Å². The van der Waals surface area contributed by atoms with Crippen molar-refractivity contribution in [2.75, 3.05) is 12.5 Å². The number of rotatable bonds is 3. The van der Waals surface area contributed by atoms with Gasteiger partial charge in [0.2, 0.25) is 5.91 Å². The number of carbonyl (C=O) groups is 1. The van der Waals surface area contributed by atoms with Gasteiger partial charge in [-0.15, -0.1) is 11.8 Å². The van der Waals surface area contributed by atoms with Crippen LogP contribution in [0.15, 0.2) is 10.2 Å². The summed E-state index contributed by atoms with van der Waals surface area (Å²) in [4.78, 5) is 20.4. The molecule has 6 heteroatoms. The van der Waals surface area contributed by atoms with Gasteiger partial charge >= 0.3 is 0 Å². The van der Waals surface area contributed by atoms with Crippen LogP contribution >= 0.6 is 23.5 Å². The largest absolute Gasteiger partial charge is 0.369 e. The Morgan fingerprint density at radius 2 is 1.95 bits per heavy atom. The fourth-order valence-electron chi connectivity index (χ4n) is 2.14. The molecule has 1 unspecified atom stereocenters. The zero-order chi connectivity index (χ0) is 14.4. The zero-order valence-electron chi connectivity index (χ0n) is 11.9. The lowest BCUT2D eigenvalue weighted by Crippen LogP contribution is -2.27. The summed E-state index contributed by atoms with van der Waals surface area (Å²) >= 11 is 3.11. The van der Waals surface area contributed by atoms with Crippen LogP contribution < -0.4 is 5.73 Å². The quantitative estimate of drug-likeness (QED) is 0.528. The summed E-state index contributed by atoms with van der Waals surface area (Å²) in [6.07, 6.45) is 6.68. The van der Waals surface area contributed by atoms with E-state index in [2.05, 4.69) is 9.97 Å². The number of hydrogen-bond acceptors (Lipinski definition) is 5. The van der Waals surface area contributed by atoms with Crippen LogP contribution in [0.1, 0.15) is 43.9 Å². The standard InChI is InChI=1S/C11H15N3OS2.C2H6/c1-16-10-7-5-3-4-6(9(12)15)8(7)13-11(14-10)17-2;1-2/h6H,3-5H2,1-2H3,(H2,12,15);1-2H3. The van der Waals surface area contributed by atoms with E-state index >= 15 is 0 Å². The lowest BCUT2D eigenvalue weighted by atomic mass is 9.87. The van der Waals surface area contributed by atoms with Crippen LogP contribution in [0.5, 0.6) is 0 Å². The molecule has 106 valence electrons. The Morgan fingerprint density at radius 3 is 2.47 bits per heavy atom. The summed E-state index contributed by atoms with van der Waals surface area (Å²) in [7, 11) is 0. The van der Waals surface area contributed by atoms with Crippen LogP contribution in [0.4, 0.5) is 0 Å². The van der Waals surface area contributed by atoms with E-state index in [0.29, 0.717) is 0 Å². The predicted molar refractivity (Wildman–Crippen MR) is 81.8 cm³/mol. The monoisotopic (exact) mass is 299 g/mol. The van der Waals surface area contributed by atoms with Crippen molar-refractivity contribution in [1.29, 1.82) is 0 Å². The van der Waals surface area contributed by atoms with E-state index in [1.54, 1.807) is 11.8 Å². The van der Waals surface area contributed by atoms with Gasteiger partial charge < -0.3 is 5.73 Å². The van der Waals surface area contributed by atoms with Crippen molar-refractivity contribution in [2.45, 2.75) is 49.2 Å². The van der Waals surface area contributed by atoms with Crippen molar-refractivity contribution in [3.63, 3.8) is 0 Å². The van der Waals surface area contributed by atoms with E-state index < -0.39 is 0 Å². The van der Waals surface area contributed by atoms with Crippen molar-refractivity contribution < 1.29 is 4.79 Å². The maximum atomic E-state index is 11.5. The Kier molecular flexibility index (Phi) is 6.65. The molecule has 0 radical (unpaired) electrons. The smallest absolute Gasteiger partial charge is 0.226 e. The minimum Gasteiger partial charge on any atom is -0.369 e. The molecule has 0 saturated heterocycles. The molecule has 1 aliphatic carbocycles. The molecule has 1 atom stereocenters. The maximum Gasteiger partial charge on any atom is 0.226 e. The number of fused-ring (bicyclic) bond motifs is 1. The Bertz CT molecular complexity index is 452. The SMILES string of the molecule is CC.CSc1nc(SC)c2c(n1)C(C(N)=O)CCC2. The molecule has 1 amide bonds. The molecule has 1 heterocycles. The predicted octanol–water partition coefficient (Wildman–Crippen LogP) is 2.85. The highest BCUT2D eigenvalue weighted by atomic mass is 32.2. The molecule has 19 heavy (non-hydrogen) atoms. The van der Waals surface area contributed by atoms with Crippen molar-refractivity contribution in [1.82, 2.24) is 9.97 Å². The Hall–Kier alpha value is -0.750. The summed E-state index contributed by atoms with van der Waals surface area (Å²) in [6, 6.07) is 0. The number of nitrogens with zero attached hydrogens (tertiary/aromatic N) is 2. The minimum atomic E-state index is -0.274. The van der Waals surface area contributed by atoms with Crippen LogP contribution in [0.3, 0.4) is 0 Å². The Morgan fingerprint density at radius 1 is 1.26 bits per heavy atom. The highest BCUT2D eigenvalue weighted by Gasteiger charge is 2.29. The summed E-state index contributed by atoms with van der Waals surface area (Å²) in [5, 5.41) is 1.71. The third-order valence-corrected chi connectivity index (χ3v) is 4.22. The van der Waals surface area contributed by atoms with E-state index in [0.717, 1.165) is 40.7 Å². The molecule has 2 rings (SSSR count). The molecule has 4 nitrogen and oxygen atoms in total. The molecule has 0 aromatic carbocycles. The van der Waals surface area contributed by atoms with Crippen molar-refractivity contribution in [3.05, 3.63) is 11.3 Å². The van der Waals surface area contributed by atoms with Crippen LogP contribution in [0.25, 0.3) is 0 Å². The van der Waals surface area contributed by atoms with Gasteiger partial charge in [0.05, 0.1) is 11.6 Å². The molecule has 1 aliphatic rings. The normalized spacial score (nSPS) is 17.2. The highest BCUT2D eigenvalue weighted by Crippen LogP contribution is 2.35. The number of thioether (sulfide) groups is 2. The average Bonchev–Trinajstić information content (AvgIpc) is 2.47. The van der Waals surface area contributed by atoms with Gasteiger partial charge in [0.25, 0.3) is 0 Å². The number of primary amides is 1. The molecule has 1 aromatic heterocycles. The summed E-state index contributed by atoms with van der Waals surface area (Å²) in [5.74, 6) is -0.512. The third kappa shape index (κ3) is 3.63. The maximum absolute atomic E-state index is 11.5. The van der Waals surface area contributed by atoms with Crippen molar-refractivity contribution in [2.24, 2.45) is 5.73 Å². The van der Waals surface area contributed by atoms with Gasteiger partial charge in [-0.25, -0.2) is 9.97 Å². The van der Waals surface area contributed by atoms with Gasteiger partial charge in [-0.1, -0.05) is 25.6 Å². The summed E-state index contributed by atoms with van der Waals surface area (Å²) in [5.41, 5.74) is 7.42. The number of aromatic nitrogens is 2. The van der Waals surface area contributed by atoms with E-state index in [9.17, 15) is 4.79 Å². The average molecular weight is 299 g/mol. The lowest BCUT2D eigenvalue weighted by Gasteiger charge is -2.23. The van der Waals surface area contributed by atoms with Gasteiger partial charge in [0.1, 0.15) is 5.03 Å². The van der Waals surface area contributed by atoms with Gasteiger partial charge in [0.15, 0.2) is 5.16 Å². The van der Waals surface area contributed by atoms with Gasteiger partial charge in [-0.3, -0.25) is 4.79 Å². The first-order valence-electron chi connectivity index (χ1n) is 6.45. The fraction of sp³-hybridized carbons (Fsp3) is 0.615. The van der Waals surface area contributed by atoms with Gasteiger partial charge in [-0.05, 0) is 31.8 Å². The highest BCUT2D eigenvalue weighted by molar-refractivity contribution is 7.99. The first kappa shape index (κ1) is 16.3. The van der Waals surface area contributed by atoms with Gasteiger partial charge in [-0.2, -0.15) is 0 Å². The second-order valence-corrected chi connectivity index (χ2v) is 5.50. The van der Waals surface area contributed by atoms with Crippen LogP contribution in [-0.4, -0.2) is 28.4 Å². The molecule has 0 spiro atoms. The second kappa shape index (κ2) is 7.75. The van der Waals surface area contributed by atoms with Crippen molar-refractivity contribution >= 4 is 29.4 Å². The topological polar surface area (TPSA) is 68.9 Å². The first-order chi connectivity index (χ1) is 9.17. The molecular weight excluding hydrogens is 278 g/mol. The summed E-state index contributed by atoms with van der Waals surface area (Å²) in [6.45, 7) is 4.00. The van der Waals surface area contributed by atoms with Crippen molar-refractivity contribution in [3.8, 4) is 0 Å². The van der Waals surface area contributed by atoms with E-state index in [-0.39, 0.29) is 11.8 Å². The van der Waals surface area contributed by atoms with E-state index in [4.69, 9.17) is 5.73 Å². The lowest BCUT2D eigenvalue weighted by molar-refractivity contribution is -0.119. The molecule has 0 saturated carbocycles. The van der Waals surface area contributed by atoms with Crippen LogP contribution in [0, 0.1) is 0 Å². The zero-order valence-corrected chi connectivity index (χ0v) is 13.5. The molecule has 0 bridgehead atoms. The minimum absolute atomic E-state index is 0.237. The Labute approximate surface area is 123 Å². The Balaban J connectivity index is 0.000000861. The molecule has 0 aliphatic heterocycles. The molecule has 2 N–H and O–H groups in total. The summed E-state index contributed by atoms with van der Waals surface area (Å²) < 4.78 is 0. The van der Waals surface area contributed by atoms with E-state index in [1.165, 1.54) is 11.8 Å². The fourth-order valence-corrected chi connectivity index (χ4v) is 3.20. The molecule has 0 fully saturated rings. The van der Waals surface area contributed by atoms with Crippen LogP contribution in [0.2, 0.25) is 0 Å². The van der Waals surface area contributed by atoms with Gasteiger partial charge in [0, 0.05) is 5.56 Å². The van der Waals surface area contributed by atoms with Crippen LogP contribution in [-0.2, 0) is 11.2 Å². The molecular formula is C13H21N3OS2.